The highest BCUT2D eigenvalue weighted by Crippen LogP contribution is 2.42. The fourth-order valence-corrected chi connectivity index (χ4v) is 7.30. The van der Waals surface area contributed by atoms with Gasteiger partial charge >= 0.3 is 0 Å². The zero-order chi connectivity index (χ0) is 31.4. The van der Waals surface area contributed by atoms with Gasteiger partial charge in [0.25, 0.3) is 0 Å². The Morgan fingerprint density at radius 2 is 0.955 bits per heavy atom. The molecule has 0 aromatic heterocycles. The summed E-state index contributed by atoms with van der Waals surface area (Å²) in [5.41, 5.74) is 9.38. The molecule has 5 aromatic rings. The van der Waals surface area contributed by atoms with Crippen molar-refractivity contribution in [1.82, 2.24) is 0 Å². The van der Waals surface area contributed by atoms with Gasteiger partial charge in [0.15, 0.2) is 5.69 Å². The van der Waals surface area contributed by atoms with Gasteiger partial charge < -0.3 is 0 Å². The summed E-state index contributed by atoms with van der Waals surface area (Å²) in [5, 5.41) is 20.6. The first-order valence-corrected chi connectivity index (χ1v) is 17.1. The second kappa shape index (κ2) is 13.8. The van der Waals surface area contributed by atoms with Crippen LogP contribution >= 0.6 is 0 Å². The summed E-state index contributed by atoms with van der Waals surface area (Å²) in [6, 6.07) is 16.7. The molecule has 0 heterocycles. The first-order chi connectivity index (χ1) is 21.4. The lowest BCUT2D eigenvalue weighted by Crippen LogP contribution is -1.99. The summed E-state index contributed by atoms with van der Waals surface area (Å²) in [6.45, 7) is 21.6. The van der Waals surface area contributed by atoms with Gasteiger partial charge in [0, 0.05) is 0 Å². The molecule has 226 valence electrons. The van der Waals surface area contributed by atoms with Crippen LogP contribution in [-0.2, 0) is 25.7 Å². The van der Waals surface area contributed by atoms with Gasteiger partial charge in [-0.15, -0.1) is 0 Å². The van der Waals surface area contributed by atoms with Crippen LogP contribution in [0.15, 0.2) is 36.4 Å². The van der Waals surface area contributed by atoms with Crippen LogP contribution in [0, 0.1) is 31.8 Å². The molecule has 2 heteroatoms. The van der Waals surface area contributed by atoms with Gasteiger partial charge in [-0.2, -0.15) is 5.26 Å². The summed E-state index contributed by atoms with van der Waals surface area (Å²) in [6.07, 6.45) is 12.8. The van der Waals surface area contributed by atoms with E-state index in [1.807, 2.05) is 0 Å². The Morgan fingerprint density at radius 3 is 1.41 bits per heavy atom. The summed E-state index contributed by atoms with van der Waals surface area (Å²) >= 11 is 0. The Bertz CT molecular complexity index is 1800. The molecule has 0 aliphatic carbocycles. The van der Waals surface area contributed by atoms with Gasteiger partial charge in [-0.1, -0.05) is 71.4 Å². The number of fused-ring (bicyclic) bond motifs is 4. The topological polar surface area (TPSA) is 28.1 Å². The van der Waals surface area contributed by atoms with Gasteiger partial charge in [0.1, 0.15) is 0 Å². The number of nitriles is 1. The van der Waals surface area contributed by atoms with Crippen molar-refractivity contribution in [1.29, 1.82) is 5.26 Å². The molecule has 0 N–H and O–H groups in total. The monoisotopic (exact) mass is 580 g/mol. The zero-order valence-corrected chi connectivity index (χ0v) is 27.8. The lowest BCUT2D eigenvalue weighted by molar-refractivity contribution is 0.791. The maximum atomic E-state index is 10.2. The Kier molecular flexibility index (Phi) is 9.91. The first kappa shape index (κ1) is 31.5. The third kappa shape index (κ3) is 5.69. The minimum atomic E-state index is 0.839. The predicted octanol–water partition coefficient (Wildman–Crippen LogP) is 12.7. The summed E-state index contributed by atoms with van der Waals surface area (Å²) < 4.78 is 0. The molecule has 0 saturated carbocycles. The quantitative estimate of drug-likeness (QED) is 0.107. The third-order valence-corrected chi connectivity index (χ3v) is 9.94. The smallest absolute Gasteiger partial charge is 0.191 e. The highest BCUT2D eigenvalue weighted by atomic mass is 14.6. The molecule has 0 atom stereocenters. The molecule has 5 aromatic carbocycles. The molecular formula is C42H48N2. The van der Waals surface area contributed by atoms with E-state index < -0.39 is 0 Å². The third-order valence-electron chi connectivity index (χ3n) is 9.94. The lowest BCUT2D eigenvalue weighted by atomic mass is 9.84. The standard InChI is InChI=1S/C42H48N2/c1-8-12-16-29-20-31(26-43)32(18-14-10-3)40-24-36-27(5)35-23-39-30(17-13-9-2)21-42(44-7)33(19-15-11-4)41(39)25-37(35)28(6)34(36)22-38(29)40/h20-25H,8-19H2,1-6H3. The second-order valence-corrected chi connectivity index (χ2v) is 12.9. The van der Waals surface area contributed by atoms with E-state index in [-0.39, 0.29) is 0 Å². The molecule has 5 rings (SSSR count). The van der Waals surface area contributed by atoms with E-state index in [9.17, 15) is 5.26 Å². The van der Waals surface area contributed by atoms with Crippen molar-refractivity contribution < 1.29 is 0 Å². The fourth-order valence-electron chi connectivity index (χ4n) is 7.30. The number of hydrogen-bond donors (Lipinski definition) is 0. The van der Waals surface area contributed by atoms with Crippen molar-refractivity contribution >= 4 is 48.8 Å². The number of hydrogen-bond acceptors (Lipinski definition) is 1. The summed E-state index contributed by atoms with van der Waals surface area (Å²) in [7, 11) is 0. The average Bonchev–Trinajstić information content (AvgIpc) is 3.05. The molecule has 0 fully saturated rings. The van der Waals surface area contributed by atoms with E-state index in [0.29, 0.717) is 0 Å². The molecular weight excluding hydrogens is 532 g/mol. The van der Waals surface area contributed by atoms with Crippen LogP contribution in [0.1, 0.15) is 118 Å². The molecule has 0 radical (unpaired) electrons. The number of rotatable bonds is 12. The van der Waals surface area contributed by atoms with Crippen LogP contribution in [0.5, 0.6) is 0 Å². The molecule has 0 amide bonds. The molecule has 0 aliphatic rings. The van der Waals surface area contributed by atoms with Gasteiger partial charge in [0.05, 0.1) is 18.2 Å². The average molecular weight is 581 g/mol. The molecule has 0 bridgehead atoms. The molecule has 0 saturated heterocycles. The van der Waals surface area contributed by atoms with Crippen molar-refractivity contribution in [3.05, 3.63) is 86.8 Å². The van der Waals surface area contributed by atoms with Crippen LogP contribution < -0.4 is 0 Å². The Labute approximate surface area is 264 Å². The Balaban J connectivity index is 1.91. The van der Waals surface area contributed by atoms with E-state index in [0.717, 1.165) is 88.3 Å². The largest absolute Gasteiger partial charge is 0.238 e. The predicted molar refractivity (Wildman–Crippen MR) is 191 cm³/mol. The highest BCUT2D eigenvalue weighted by Gasteiger charge is 2.19. The molecule has 2 nitrogen and oxygen atoms in total. The van der Waals surface area contributed by atoms with Crippen molar-refractivity contribution in [3.63, 3.8) is 0 Å². The highest BCUT2D eigenvalue weighted by molar-refractivity contribution is 6.15. The van der Waals surface area contributed by atoms with Crippen molar-refractivity contribution in [2.24, 2.45) is 0 Å². The number of benzene rings is 5. The van der Waals surface area contributed by atoms with Crippen molar-refractivity contribution in [2.75, 3.05) is 0 Å². The van der Waals surface area contributed by atoms with Gasteiger partial charge in [0.2, 0.25) is 0 Å². The van der Waals surface area contributed by atoms with Gasteiger partial charge in [-0.3, -0.25) is 0 Å². The Morgan fingerprint density at radius 1 is 0.545 bits per heavy atom. The normalized spacial score (nSPS) is 11.5. The summed E-state index contributed by atoms with van der Waals surface area (Å²) in [4.78, 5) is 4.05. The van der Waals surface area contributed by atoms with Crippen LogP contribution in [0.2, 0.25) is 0 Å². The number of nitrogens with zero attached hydrogens (tertiary/aromatic N) is 2. The van der Waals surface area contributed by atoms with Crippen molar-refractivity contribution in [2.45, 2.75) is 119 Å². The number of aryl methyl sites for hydroxylation is 6. The second-order valence-electron chi connectivity index (χ2n) is 12.9. The molecule has 44 heavy (non-hydrogen) atoms. The molecule has 0 unspecified atom stereocenters. The van der Waals surface area contributed by atoms with Crippen LogP contribution in [0.3, 0.4) is 0 Å². The minimum Gasteiger partial charge on any atom is -0.238 e. The maximum Gasteiger partial charge on any atom is 0.191 e. The van der Waals surface area contributed by atoms with Gasteiger partial charge in [-0.05, 0) is 160 Å². The minimum absolute atomic E-state index is 0.839. The van der Waals surface area contributed by atoms with E-state index in [1.165, 1.54) is 76.5 Å². The van der Waals surface area contributed by atoms with E-state index in [1.54, 1.807) is 0 Å². The van der Waals surface area contributed by atoms with Crippen molar-refractivity contribution in [3.8, 4) is 6.07 Å². The SMILES string of the molecule is [C-]#[N+]c1cc(CCCC)c2cc3c(C)c4cc5c(CCCC)c(C#N)cc(CCCC)c5cc4c(C)c3cc2c1CCCC. The van der Waals surface area contributed by atoms with Gasteiger partial charge in [-0.25, -0.2) is 4.85 Å². The van der Waals surface area contributed by atoms with E-state index >= 15 is 0 Å². The maximum absolute atomic E-state index is 10.2. The van der Waals surface area contributed by atoms with E-state index in [2.05, 4.69) is 88.9 Å². The fraction of sp³-hybridized carbons (Fsp3) is 0.429. The Hall–Kier alpha value is -3.88. The van der Waals surface area contributed by atoms with E-state index in [4.69, 9.17) is 6.57 Å². The van der Waals surface area contributed by atoms with Crippen LogP contribution in [-0.4, -0.2) is 0 Å². The molecule has 0 aliphatic heterocycles. The lowest BCUT2D eigenvalue weighted by Gasteiger charge is -2.20. The van der Waals surface area contributed by atoms with Crippen LogP contribution in [0.4, 0.5) is 5.69 Å². The summed E-state index contributed by atoms with van der Waals surface area (Å²) in [5.74, 6) is 0. The molecule has 0 spiro atoms. The number of unbranched alkanes of at least 4 members (excludes halogenated alkanes) is 4. The first-order valence-electron chi connectivity index (χ1n) is 17.1. The zero-order valence-electron chi connectivity index (χ0n) is 27.8. The van der Waals surface area contributed by atoms with Crippen LogP contribution in [0.25, 0.3) is 47.9 Å².